The molecule has 0 bridgehead atoms. The van der Waals surface area contributed by atoms with Crippen molar-refractivity contribution in [2.45, 2.75) is 26.4 Å². The fourth-order valence-corrected chi connectivity index (χ4v) is 3.50. The molecular formula is C21H21FN6O4. The summed E-state index contributed by atoms with van der Waals surface area (Å²) >= 11 is 0. The Balaban J connectivity index is 1.56. The summed E-state index contributed by atoms with van der Waals surface area (Å²) in [5.74, 6) is -1.24. The highest BCUT2D eigenvalue weighted by Gasteiger charge is 2.48. The minimum Gasteiger partial charge on any atom is -0.481 e. The number of amides is 1. The van der Waals surface area contributed by atoms with Gasteiger partial charge in [0.05, 0.1) is 19.3 Å². The number of halogens is 1. The molecule has 2 unspecified atom stereocenters. The van der Waals surface area contributed by atoms with Gasteiger partial charge in [-0.2, -0.15) is 4.80 Å². The number of aliphatic carboxylic acids is 1. The number of benzene rings is 1. The number of hydrogen-bond donors (Lipinski definition) is 1. The summed E-state index contributed by atoms with van der Waals surface area (Å²) < 4.78 is 20.2. The fourth-order valence-electron chi connectivity index (χ4n) is 3.50. The van der Waals surface area contributed by atoms with E-state index < -0.39 is 29.4 Å². The van der Waals surface area contributed by atoms with Crippen molar-refractivity contribution < 1.29 is 23.8 Å². The minimum atomic E-state index is -1.23. The molecule has 166 valence electrons. The first-order valence-electron chi connectivity index (χ1n) is 9.95. The highest BCUT2D eigenvalue weighted by atomic mass is 19.1. The van der Waals surface area contributed by atoms with Crippen LogP contribution in [0.1, 0.15) is 20.3 Å². The van der Waals surface area contributed by atoms with Crippen molar-refractivity contribution in [1.29, 1.82) is 0 Å². The van der Waals surface area contributed by atoms with Crippen LogP contribution in [-0.2, 0) is 16.6 Å². The zero-order valence-corrected chi connectivity index (χ0v) is 17.7. The van der Waals surface area contributed by atoms with E-state index in [1.165, 1.54) is 28.9 Å². The Morgan fingerprint density at radius 2 is 2.12 bits per heavy atom. The van der Waals surface area contributed by atoms with Crippen LogP contribution in [0.5, 0.6) is 0 Å². The number of cyclic esters (lactones) is 1. The van der Waals surface area contributed by atoms with Crippen LogP contribution in [0.2, 0.25) is 0 Å². The average molecular weight is 440 g/mol. The van der Waals surface area contributed by atoms with Crippen LogP contribution >= 0.6 is 0 Å². The van der Waals surface area contributed by atoms with Crippen molar-refractivity contribution in [3.8, 4) is 22.6 Å². The maximum absolute atomic E-state index is 14.9. The number of carbonyl (C=O) groups excluding carboxylic acids is 1. The van der Waals surface area contributed by atoms with E-state index in [4.69, 9.17) is 4.74 Å². The number of tetrazole rings is 1. The number of nitrogens with zero attached hydrogens (tertiary/aromatic N) is 6. The smallest absolute Gasteiger partial charge is 0.414 e. The number of hydrogen-bond acceptors (Lipinski definition) is 7. The number of anilines is 1. The van der Waals surface area contributed by atoms with Gasteiger partial charge in [-0.25, -0.2) is 9.18 Å². The van der Waals surface area contributed by atoms with E-state index in [9.17, 15) is 19.1 Å². The molecule has 4 rings (SSSR count). The molecule has 3 aromatic rings. The second kappa shape index (κ2) is 7.98. The van der Waals surface area contributed by atoms with Gasteiger partial charge in [0, 0.05) is 17.3 Å². The van der Waals surface area contributed by atoms with Crippen molar-refractivity contribution in [2.75, 3.05) is 11.4 Å². The van der Waals surface area contributed by atoms with Crippen LogP contribution < -0.4 is 4.90 Å². The number of carbonyl (C=O) groups is 2. The summed E-state index contributed by atoms with van der Waals surface area (Å²) in [5.41, 5.74) is 0.396. The SMILES string of the molecule is CCC(C)(C(=O)O)C1CN(c2ccc(-c3ccc(-c4nnn(C)n4)nc3)c(F)c2)C(=O)O1. The van der Waals surface area contributed by atoms with E-state index in [1.54, 1.807) is 38.2 Å². The van der Waals surface area contributed by atoms with E-state index in [1.807, 2.05) is 0 Å². The van der Waals surface area contributed by atoms with Gasteiger partial charge in [-0.05, 0) is 42.8 Å². The largest absolute Gasteiger partial charge is 0.481 e. The van der Waals surface area contributed by atoms with Gasteiger partial charge >= 0.3 is 12.1 Å². The van der Waals surface area contributed by atoms with Gasteiger partial charge in [-0.1, -0.05) is 13.0 Å². The van der Waals surface area contributed by atoms with Gasteiger partial charge in [0.2, 0.25) is 5.82 Å². The third-order valence-corrected chi connectivity index (χ3v) is 5.82. The lowest BCUT2D eigenvalue weighted by Crippen LogP contribution is -2.42. The normalized spacial score (nSPS) is 17.8. The van der Waals surface area contributed by atoms with Crippen LogP contribution in [0, 0.1) is 11.2 Å². The van der Waals surface area contributed by atoms with Crippen LogP contribution in [0.25, 0.3) is 22.6 Å². The quantitative estimate of drug-likeness (QED) is 0.621. The molecule has 2 aromatic heterocycles. The number of aryl methyl sites for hydroxylation is 1. The zero-order chi connectivity index (χ0) is 23.0. The monoisotopic (exact) mass is 440 g/mol. The standard InChI is InChI=1S/C21H21FN6O4/c1-4-21(2,19(29)30)17-11-28(20(31)32-17)13-6-7-14(15(22)9-13)12-5-8-16(23-10-12)18-24-26-27(3)25-18/h5-10,17H,4,11H2,1-3H3,(H,29,30). The topological polar surface area (TPSA) is 123 Å². The highest BCUT2D eigenvalue weighted by Crippen LogP contribution is 2.36. The molecule has 32 heavy (non-hydrogen) atoms. The molecule has 3 heterocycles. The summed E-state index contributed by atoms with van der Waals surface area (Å²) in [7, 11) is 1.64. The molecule has 10 nitrogen and oxygen atoms in total. The van der Waals surface area contributed by atoms with Crippen molar-refractivity contribution in [1.82, 2.24) is 25.2 Å². The second-order valence-electron chi connectivity index (χ2n) is 7.76. The molecule has 1 N–H and O–H groups in total. The first-order valence-corrected chi connectivity index (χ1v) is 9.95. The Kier molecular flexibility index (Phi) is 5.33. The van der Waals surface area contributed by atoms with Crippen LogP contribution in [-0.4, -0.2) is 55.0 Å². The predicted molar refractivity (Wildman–Crippen MR) is 111 cm³/mol. The second-order valence-corrected chi connectivity index (χ2v) is 7.76. The molecule has 0 radical (unpaired) electrons. The van der Waals surface area contributed by atoms with E-state index in [-0.39, 0.29) is 18.7 Å². The maximum atomic E-state index is 14.9. The first kappa shape index (κ1) is 21.3. The molecule has 11 heteroatoms. The lowest BCUT2D eigenvalue weighted by Gasteiger charge is -2.27. The molecule has 0 spiro atoms. The minimum absolute atomic E-state index is 0.0234. The Hall–Kier alpha value is -3.89. The van der Waals surface area contributed by atoms with Crippen LogP contribution in [0.3, 0.4) is 0 Å². The molecule has 0 saturated carbocycles. The van der Waals surface area contributed by atoms with Gasteiger partial charge in [0.15, 0.2) is 0 Å². The third kappa shape index (κ3) is 3.66. The number of carboxylic acids is 1. The summed E-state index contributed by atoms with van der Waals surface area (Å²) in [6, 6.07) is 7.71. The van der Waals surface area contributed by atoms with Crippen molar-refractivity contribution in [3.63, 3.8) is 0 Å². The Bertz CT molecular complexity index is 1180. The van der Waals surface area contributed by atoms with Gasteiger partial charge in [0.1, 0.15) is 23.0 Å². The van der Waals surface area contributed by atoms with Crippen molar-refractivity contribution in [3.05, 3.63) is 42.3 Å². The summed E-state index contributed by atoms with van der Waals surface area (Å²) in [6.45, 7) is 3.28. The number of aromatic nitrogens is 5. The molecule has 1 amide bonds. The van der Waals surface area contributed by atoms with Crippen molar-refractivity contribution in [2.24, 2.45) is 12.5 Å². The maximum Gasteiger partial charge on any atom is 0.414 e. The van der Waals surface area contributed by atoms with E-state index in [0.717, 1.165) is 0 Å². The lowest BCUT2D eigenvalue weighted by molar-refractivity contribution is -0.153. The summed E-state index contributed by atoms with van der Waals surface area (Å²) in [5, 5.41) is 21.3. The Morgan fingerprint density at radius 1 is 1.34 bits per heavy atom. The molecule has 1 saturated heterocycles. The average Bonchev–Trinajstić information content (AvgIpc) is 3.39. The van der Waals surface area contributed by atoms with Crippen LogP contribution in [0.4, 0.5) is 14.9 Å². The van der Waals surface area contributed by atoms with E-state index in [2.05, 4.69) is 20.4 Å². The van der Waals surface area contributed by atoms with Gasteiger partial charge in [-0.3, -0.25) is 14.7 Å². The lowest BCUT2D eigenvalue weighted by atomic mass is 9.81. The molecule has 1 aliphatic heterocycles. The van der Waals surface area contributed by atoms with Crippen LogP contribution in [0.15, 0.2) is 36.5 Å². The number of carboxylic acid groups (broad SMARTS) is 1. The van der Waals surface area contributed by atoms with E-state index >= 15 is 0 Å². The van der Waals surface area contributed by atoms with Gasteiger partial charge in [0.25, 0.3) is 0 Å². The summed E-state index contributed by atoms with van der Waals surface area (Å²) in [4.78, 5) is 30.9. The fraction of sp³-hybridized carbons (Fsp3) is 0.333. The number of ether oxygens (including phenoxy) is 1. The number of pyridine rings is 1. The van der Waals surface area contributed by atoms with Gasteiger partial charge < -0.3 is 9.84 Å². The number of rotatable bonds is 6. The molecule has 0 aliphatic carbocycles. The Labute approximate surface area is 182 Å². The predicted octanol–water partition coefficient (Wildman–Crippen LogP) is 2.90. The molecular weight excluding hydrogens is 419 g/mol. The van der Waals surface area contributed by atoms with Crippen molar-refractivity contribution >= 4 is 17.7 Å². The third-order valence-electron chi connectivity index (χ3n) is 5.82. The molecule has 1 aliphatic rings. The first-order chi connectivity index (χ1) is 15.2. The van der Waals surface area contributed by atoms with E-state index in [0.29, 0.717) is 22.6 Å². The van der Waals surface area contributed by atoms with Gasteiger partial charge in [-0.15, -0.1) is 10.2 Å². The Morgan fingerprint density at radius 3 is 2.69 bits per heavy atom. The highest BCUT2D eigenvalue weighted by molar-refractivity contribution is 5.91. The molecule has 1 aromatic carbocycles. The summed E-state index contributed by atoms with van der Waals surface area (Å²) in [6.07, 6.45) is 0.245. The zero-order valence-electron chi connectivity index (χ0n) is 17.7. The molecule has 1 fully saturated rings. The molecule has 2 atom stereocenters.